The minimum Gasteiger partial charge on any atom is -0.439 e. The fourth-order valence-electron chi connectivity index (χ4n) is 1.41. The second-order valence-electron chi connectivity index (χ2n) is 3.63. The predicted molar refractivity (Wildman–Crippen MR) is 70.1 cm³/mol. The Hall–Kier alpha value is -1.25. The number of hydrogen-bond donors (Lipinski definition) is 0. The molecule has 0 aliphatic heterocycles. The Bertz CT molecular complexity index is 529. The van der Waals surface area contributed by atoms with Gasteiger partial charge in [0, 0.05) is 6.07 Å². The van der Waals surface area contributed by atoms with Crippen LogP contribution in [0.15, 0.2) is 36.4 Å². The first kappa shape index (κ1) is 12.2. The maximum absolute atomic E-state index is 5.92. The highest BCUT2D eigenvalue weighted by atomic mass is 35.5. The molecule has 0 aliphatic rings. The summed E-state index contributed by atoms with van der Waals surface area (Å²) in [6.07, 6.45) is 0. The van der Waals surface area contributed by atoms with E-state index >= 15 is 0 Å². The zero-order valence-corrected chi connectivity index (χ0v) is 10.8. The number of benzene rings is 1. The third-order valence-corrected chi connectivity index (χ3v) is 2.83. The van der Waals surface area contributed by atoms with Crippen LogP contribution in [0.2, 0.25) is 5.02 Å². The van der Waals surface area contributed by atoms with Crippen molar-refractivity contribution in [3.05, 3.63) is 52.7 Å². The minimum atomic E-state index is 0.268. The van der Waals surface area contributed by atoms with Gasteiger partial charge in [0.25, 0.3) is 0 Å². The van der Waals surface area contributed by atoms with Crippen LogP contribution in [0.25, 0.3) is 0 Å². The predicted octanol–water partition coefficient (Wildman–Crippen LogP) is 4.57. The van der Waals surface area contributed by atoms with Crippen molar-refractivity contribution in [2.45, 2.75) is 12.8 Å². The van der Waals surface area contributed by atoms with E-state index in [1.807, 2.05) is 31.2 Å². The van der Waals surface area contributed by atoms with Gasteiger partial charge in [0.15, 0.2) is 0 Å². The summed E-state index contributed by atoms with van der Waals surface area (Å²) >= 11 is 11.7. The van der Waals surface area contributed by atoms with Crippen LogP contribution in [0.1, 0.15) is 11.3 Å². The summed E-state index contributed by atoms with van der Waals surface area (Å²) in [6, 6.07) is 11.2. The van der Waals surface area contributed by atoms with Crippen LogP contribution in [-0.4, -0.2) is 4.98 Å². The quantitative estimate of drug-likeness (QED) is 0.760. The summed E-state index contributed by atoms with van der Waals surface area (Å²) in [7, 11) is 0. The lowest BCUT2D eigenvalue weighted by molar-refractivity contribution is 0.461. The second-order valence-corrected chi connectivity index (χ2v) is 4.30. The van der Waals surface area contributed by atoms with E-state index in [1.165, 1.54) is 0 Å². The highest BCUT2D eigenvalue weighted by Gasteiger charge is 2.04. The molecular weight excluding hydrogens is 257 g/mol. The largest absolute Gasteiger partial charge is 0.439 e. The van der Waals surface area contributed by atoms with Gasteiger partial charge in [-0.05, 0) is 30.7 Å². The van der Waals surface area contributed by atoms with E-state index in [0.717, 1.165) is 11.3 Å². The molecule has 17 heavy (non-hydrogen) atoms. The van der Waals surface area contributed by atoms with Crippen molar-refractivity contribution in [3.63, 3.8) is 0 Å². The summed E-state index contributed by atoms with van der Waals surface area (Å²) in [5.41, 5.74) is 1.76. The van der Waals surface area contributed by atoms with Crippen molar-refractivity contribution in [2.24, 2.45) is 0 Å². The first-order valence-electron chi connectivity index (χ1n) is 5.15. The Labute approximate surface area is 110 Å². The molecule has 0 atom stereocenters. The van der Waals surface area contributed by atoms with Crippen LogP contribution in [-0.2, 0) is 5.88 Å². The van der Waals surface area contributed by atoms with Crippen LogP contribution >= 0.6 is 23.2 Å². The van der Waals surface area contributed by atoms with Crippen LogP contribution in [0, 0.1) is 6.92 Å². The molecule has 0 amide bonds. The molecule has 1 heterocycles. The third-order valence-electron chi connectivity index (χ3n) is 2.23. The molecule has 0 saturated heterocycles. The van der Waals surface area contributed by atoms with Gasteiger partial charge in [-0.25, -0.2) is 4.98 Å². The highest BCUT2D eigenvalue weighted by molar-refractivity contribution is 6.32. The minimum absolute atomic E-state index is 0.268. The summed E-state index contributed by atoms with van der Waals surface area (Å²) in [6.45, 7) is 2.01. The number of alkyl halides is 1. The number of aromatic nitrogens is 1. The molecule has 0 fully saturated rings. The molecule has 0 N–H and O–H groups in total. The lowest BCUT2D eigenvalue weighted by Crippen LogP contribution is -1.92. The third kappa shape index (κ3) is 3.11. The van der Waals surface area contributed by atoms with E-state index < -0.39 is 0 Å². The zero-order valence-electron chi connectivity index (χ0n) is 9.28. The second kappa shape index (κ2) is 5.39. The molecule has 1 aromatic carbocycles. The number of hydrogen-bond acceptors (Lipinski definition) is 2. The van der Waals surface area contributed by atoms with Gasteiger partial charge in [-0.1, -0.05) is 23.7 Å². The number of halogens is 2. The van der Waals surface area contributed by atoms with Crippen molar-refractivity contribution in [3.8, 4) is 11.6 Å². The van der Waals surface area contributed by atoms with E-state index in [9.17, 15) is 0 Å². The van der Waals surface area contributed by atoms with Crippen LogP contribution in [0.5, 0.6) is 11.6 Å². The zero-order chi connectivity index (χ0) is 12.3. The van der Waals surface area contributed by atoms with E-state index in [0.29, 0.717) is 16.6 Å². The average Bonchev–Trinajstić information content (AvgIpc) is 2.32. The van der Waals surface area contributed by atoms with Gasteiger partial charge in [0.2, 0.25) is 5.88 Å². The molecule has 0 aliphatic carbocycles. The Kier molecular flexibility index (Phi) is 3.87. The molecule has 2 nitrogen and oxygen atoms in total. The molecule has 0 spiro atoms. The van der Waals surface area contributed by atoms with Crippen molar-refractivity contribution in [2.75, 3.05) is 0 Å². The molecule has 88 valence electrons. The molecule has 0 unspecified atom stereocenters. The number of rotatable bonds is 3. The lowest BCUT2D eigenvalue weighted by atomic mass is 10.2. The normalized spacial score (nSPS) is 10.3. The van der Waals surface area contributed by atoms with Crippen LogP contribution in [0.4, 0.5) is 0 Å². The highest BCUT2D eigenvalue weighted by Crippen LogP contribution is 2.24. The standard InChI is InChI=1S/C13H11Cl2NO/c1-9-3-2-4-10(7-9)17-13-6-5-11(15)12(8-14)16-13/h2-7H,8H2,1H3. The maximum atomic E-state index is 5.92. The van der Waals surface area contributed by atoms with E-state index in [2.05, 4.69) is 4.98 Å². The lowest BCUT2D eigenvalue weighted by Gasteiger charge is -2.07. The van der Waals surface area contributed by atoms with E-state index in [1.54, 1.807) is 12.1 Å². The molecule has 0 saturated carbocycles. The number of pyridine rings is 1. The van der Waals surface area contributed by atoms with Gasteiger partial charge < -0.3 is 4.74 Å². The first-order valence-corrected chi connectivity index (χ1v) is 6.06. The Balaban J connectivity index is 2.24. The number of aryl methyl sites for hydroxylation is 1. The van der Waals surface area contributed by atoms with Gasteiger partial charge in [-0.3, -0.25) is 0 Å². The van der Waals surface area contributed by atoms with Crippen molar-refractivity contribution >= 4 is 23.2 Å². The summed E-state index contributed by atoms with van der Waals surface area (Å²) < 4.78 is 5.63. The molecule has 1 aromatic heterocycles. The van der Waals surface area contributed by atoms with Gasteiger partial charge in [0.1, 0.15) is 5.75 Å². The summed E-state index contributed by atoms with van der Waals surface area (Å²) in [4.78, 5) is 4.23. The topological polar surface area (TPSA) is 22.1 Å². The molecule has 2 aromatic rings. The monoisotopic (exact) mass is 267 g/mol. The van der Waals surface area contributed by atoms with Crippen LogP contribution in [0.3, 0.4) is 0 Å². The average molecular weight is 268 g/mol. The van der Waals surface area contributed by atoms with Gasteiger partial charge >= 0.3 is 0 Å². The SMILES string of the molecule is Cc1cccc(Oc2ccc(Cl)c(CCl)n2)c1. The molecular formula is C13H11Cl2NO. The Morgan fingerprint density at radius 2 is 2.06 bits per heavy atom. The van der Waals surface area contributed by atoms with Gasteiger partial charge in [0.05, 0.1) is 16.6 Å². The molecule has 2 rings (SSSR count). The first-order chi connectivity index (χ1) is 8.19. The smallest absolute Gasteiger partial charge is 0.219 e. The Morgan fingerprint density at radius 1 is 1.24 bits per heavy atom. The van der Waals surface area contributed by atoms with Crippen molar-refractivity contribution < 1.29 is 4.74 Å². The summed E-state index contributed by atoms with van der Waals surface area (Å²) in [5, 5.41) is 0.552. The van der Waals surface area contributed by atoms with Gasteiger partial charge in [-0.15, -0.1) is 11.6 Å². The van der Waals surface area contributed by atoms with Gasteiger partial charge in [-0.2, -0.15) is 0 Å². The van der Waals surface area contributed by atoms with E-state index in [4.69, 9.17) is 27.9 Å². The fourth-order valence-corrected chi connectivity index (χ4v) is 1.86. The fraction of sp³-hybridized carbons (Fsp3) is 0.154. The molecule has 0 radical (unpaired) electrons. The van der Waals surface area contributed by atoms with Crippen molar-refractivity contribution in [1.29, 1.82) is 0 Å². The number of nitrogens with zero attached hydrogens (tertiary/aromatic N) is 1. The van der Waals surface area contributed by atoms with Crippen LogP contribution < -0.4 is 4.74 Å². The Morgan fingerprint density at radius 3 is 2.76 bits per heavy atom. The molecule has 4 heteroatoms. The maximum Gasteiger partial charge on any atom is 0.219 e. The molecule has 0 bridgehead atoms. The number of ether oxygens (including phenoxy) is 1. The summed E-state index contributed by atoms with van der Waals surface area (Å²) in [5.74, 6) is 1.51. The van der Waals surface area contributed by atoms with E-state index in [-0.39, 0.29) is 5.88 Å². The van der Waals surface area contributed by atoms with Crippen molar-refractivity contribution in [1.82, 2.24) is 4.98 Å².